The second kappa shape index (κ2) is 6.42. The highest BCUT2D eigenvalue weighted by Gasteiger charge is 2.10. The number of amides is 1. The van der Waals surface area contributed by atoms with Gasteiger partial charge in [-0.15, -0.1) is 0 Å². The van der Waals surface area contributed by atoms with Gasteiger partial charge < -0.3 is 16.2 Å². The number of phenols is 1. The molecule has 0 saturated heterocycles. The molecule has 0 fully saturated rings. The molecule has 0 heterocycles. The van der Waals surface area contributed by atoms with E-state index in [9.17, 15) is 9.90 Å². The summed E-state index contributed by atoms with van der Waals surface area (Å²) in [4.78, 5) is 12.1. The average molecular weight is 273 g/mol. The third-order valence-electron chi connectivity index (χ3n) is 2.09. The summed E-state index contributed by atoms with van der Waals surface area (Å²) >= 11 is 10.5. The Kier molecular flexibility index (Phi) is 5.18. The first-order chi connectivity index (χ1) is 8.00. The summed E-state index contributed by atoms with van der Waals surface area (Å²) in [6.45, 7) is 0.447. The quantitative estimate of drug-likeness (QED) is 0.565. The maximum absolute atomic E-state index is 11.7. The van der Waals surface area contributed by atoms with Crippen molar-refractivity contribution in [3.8, 4) is 5.75 Å². The summed E-state index contributed by atoms with van der Waals surface area (Å²) in [6, 6.07) is 4.31. The maximum atomic E-state index is 11.7. The molecule has 1 rings (SSSR count). The van der Waals surface area contributed by atoms with Crippen LogP contribution < -0.4 is 11.1 Å². The lowest BCUT2D eigenvalue weighted by Crippen LogP contribution is -2.25. The lowest BCUT2D eigenvalue weighted by molar-refractivity contribution is 0.0951. The fourth-order valence-corrected chi connectivity index (χ4v) is 1.57. The van der Waals surface area contributed by atoms with Crippen LogP contribution in [0.5, 0.6) is 5.75 Å². The minimum atomic E-state index is -0.368. The molecule has 4 N–H and O–H groups in total. The number of nitrogens with one attached hydrogen (secondary N) is 1. The molecule has 1 amide bonds. The number of carbonyl (C=O) groups is 1. The second-order valence-electron chi connectivity index (χ2n) is 3.49. The number of phenolic OH excluding ortho intramolecular Hbond substituents is 1. The molecule has 6 heteroatoms. The Labute approximate surface area is 110 Å². The molecule has 0 aromatic heterocycles. The van der Waals surface area contributed by atoms with Crippen molar-refractivity contribution in [1.82, 2.24) is 5.32 Å². The van der Waals surface area contributed by atoms with Crippen molar-refractivity contribution in [2.24, 2.45) is 5.73 Å². The van der Waals surface area contributed by atoms with Crippen LogP contribution in [0.15, 0.2) is 18.2 Å². The average Bonchev–Trinajstić information content (AvgIpc) is 2.27. The predicted molar refractivity (Wildman–Crippen MR) is 71.5 cm³/mol. The highest BCUT2D eigenvalue weighted by atomic mass is 35.5. The van der Waals surface area contributed by atoms with Gasteiger partial charge >= 0.3 is 0 Å². The predicted octanol–water partition coefficient (Wildman–Crippen LogP) is 1.84. The summed E-state index contributed by atoms with van der Waals surface area (Å²) in [7, 11) is 0. The fraction of sp³-hybridized carbons (Fsp3) is 0.273. The standard InChI is InChI=1S/C11H13ClN2O2S/c12-7-3-4-9(15)8(6-7)11(16)14-5-1-2-10(13)17/h3-4,6,15H,1-2,5H2,(H2,13,17)(H,14,16). The van der Waals surface area contributed by atoms with E-state index in [1.807, 2.05) is 0 Å². The van der Waals surface area contributed by atoms with Gasteiger partial charge in [-0.05, 0) is 31.0 Å². The lowest BCUT2D eigenvalue weighted by atomic mass is 10.2. The number of hydrogen-bond acceptors (Lipinski definition) is 3. The minimum Gasteiger partial charge on any atom is -0.507 e. The van der Waals surface area contributed by atoms with Gasteiger partial charge in [0.2, 0.25) is 0 Å². The van der Waals surface area contributed by atoms with Crippen LogP contribution in [0, 0.1) is 0 Å². The zero-order valence-corrected chi connectivity index (χ0v) is 10.6. The monoisotopic (exact) mass is 272 g/mol. The summed E-state index contributed by atoms with van der Waals surface area (Å²) < 4.78 is 0. The number of aromatic hydroxyl groups is 1. The molecule has 0 unspecified atom stereocenters. The largest absolute Gasteiger partial charge is 0.507 e. The molecule has 4 nitrogen and oxygen atoms in total. The van der Waals surface area contributed by atoms with E-state index in [1.54, 1.807) is 0 Å². The normalized spacial score (nSPS) is 9.94. The van der Waals surface area contributed by atoms with Crippen LogP contribution in [0.1, 0.15) is 23.2 Å². The molecule has 1 aromatic carbocycles. The molecule has 0 atom stereocenters. The topological polar surface area (TPSA) is 75.3 Å². The van der Waals surface area contributed by atoms with Crippen LogP contribution in [-0.2, 0) is 0 Å². The highest BCUT2D eigenvalue weighted by Crippen LogP contribution is 2.21. The van der Waals surface area contributed by atoms with Crippen molar-refractivity contribution in [2.45, 2.75) is 12.8 Å². The SMILES string of the molecule is NC(=S)CCCNC(=O)c1cc(Cl)ccc1O. The minimum absolute atomic E-state index is 0.0961. The first-order valence-electron chi connectivity index (χ1n) is 5.05. The van der Waals surface area contributed by atoms with Gasteiger partial charge in [0, 0.05) is 11.6 Å². The third-order valence-corrected chi connectivity index (χ3v) is 2.53. The number of thiocarbonyl (C=S) groups is 1. The summed E-state index contributed by atoms with van der Waals surface area (Å²) in [5.41, 5.74) is 5.49. The van der Waals surface area contributed by atoms with Crippen LogP contribution >= 0.6 is 23.8 Å². The number of hydrogen-bond donors (Lipinski definition) is 3. The molecule has 0 aliphatic heterocycles. The fourth-order valence-electron chi connectivity index (χ4n) is 1.25. The zero-order chi connectivity index (χ0) is 12.8. The molecule has 0 radical (unpaired) electrons. The molecule has 0 bridgehead atoms. The molecular weight excluding hydrogens is 260 g/mol. The number of benzene rings is 1. The third kappa shape index (κ3) is 4.58. The van der Waals surface area contributed by atoms with Crippen molar-refractivity contribution >= 4 is 34.7 Å². The number of halogens is 1. The Morgan fingerprint density at radius 2 is 2.24 bits per heavy atom. The molecule has 1 aromatic rings. The molecule has 17 heavy (non-hydrogen) atoms. The van der Waals surface area contributed by atoms with E-state index < -0.39 is 0 Å². The van der Waals surface area contributed by atoms with Gasteiger partial charge in [-0.1, -0.05) is 23.8 Å². The summed E-state index contributed by atoms with van der Waals surface area (Å²) in [6.07, 6.45) is 1.25. The van der Waals surface area contributed by atoms with Crippen LogP contribution in [-0.4, -0.2) is 22.5 Å². The van der Waals surface area contributed by atoms with Crippen LogP contribution in [0.3, 0.4) is 0 Å². The van der Waals surface area contributed by atoms with Gasteiger partial charge in [0.05, 0.1) is 10.6 Å². The van der Waals surface area contributed by atoms with E-state index >= 15 is 0 Å². The summed E-state index contributed by atoms with van der Waals surface area (Å²) in [5.74, 6) is -0.464. The summed E-state index contributed by atoms with van der Waals surface area (Å²) in [5, 5.41) is 12.5. The van der Waals surface area contributed by atoms with Crippen molar-refractivity contribution < 1.29 is 9.90 Å². The van der Waals surface area contributed by atoms with Gasteiger partial charge in [0.1, 0.15) is 5.75 Å². The Morgan fingerprint density at radius 3 is 2.88 bits per heavy atom. The maximum Gasteiger partial charge on any atom is 0.255 e. The molecular formula is C11H13ClN2O2S. The molecule has 0 saturated carbocycles. The number of nitrogens with two attached hydrogens (primary N) is 1. The first-order valence-corrected chi connectivity index (χ1v) is 5.84. The Balaban J connectivity index is 2.52. The smallest absolute Gasteiger partial charge is 0.255 e. The van der Waals surface area contributed by atoms with E-state index in [2.05, 4.69) is 5.32 Å². The Bertz CT molecular complexity index is 437. The van der Waals surface area contributed by atoms with Crippen molar-refractivity contribution in [3.05, 3.63) is 28.8 Å². The van der Waals surface area contributed by atoms with E-state index in [-0.39, 0.29) is 17.2 Å². The van der Waals surface area contributed by atoms with Crippen LogP contribution in [0.25, 0.3) is 0 Å². The van der Waals surface area contributed by atoms with Gasteiger partial charge in [-0.2, -0.15) is 0 Å². The number of rotatable bonds is 5. The van der Waals surface area contributed by atoms with Gasteiger partial charge in [-0.25, -0.2) is 0 Å². The Hall–Kier alpha value is -1.33. The van der Waals surface area contributed by atoms with Crippen LogP contribution in [0.2, 0.25) is 5.02 Å². The van der Waals surface area contributed by atoms with E-state index in [4.69, 9.17) is 29.6 Å². The zero-order valence-electron chi connectivity index (χ0n) is 9.07. The van der Waals surface area contributed by atoms with Crippen molar-refractivity contribution in [2.75, 3.05) is 6.54 Å². The molecule has 0 aliphatic rings. The van der Waals surface area contributed by atoms with Crippen molar-refractivity contribution in [3.63, 3.8) is 0 Å². The highest BCUT2D eigenvalue weighted by molar-refractivity contribution is 7.80. The number of carbonyl (C=O) groups excluding carboxylic acids is 1. The Morgan fingerprint density at radius 1 is 1.53 bits per heavy atom. The first kappa shape index (κ1) is 13.7. The van der Waals surface area contributed by atoms with Gasteiger partial charge in [0.25, 0.3) is 5.91 Å². The second-order valence-corrected chi connectivity index (χ2v) is 4.45. The lowest BCUT2D eigenvalue weighted by Gasteiger charge is -2.06. The molecule has 92 valence electrons. The van der Waals surface area contributed by atoms with E-state index in [0.29, 0.717) is 29.4 Å². The van der Waals surface area contributed by atoms with Crippen LogP contribution in [0.4, 0.5) is 0 Å². The van der Waals surface area contributed by atoms with Crippen molar-refractivity contribution in [1.29, 1.82) is 0 Å². The van der Waals surface area contributed by atoms with Gasteiger partial charge in [-0.3, -0.25) is 4.79 Å². The van der Waals surface area contributed by atoms with Gasteiger partial charge in [0.15, 0.2) is 0 Å². The van der Waals surface area contributed by atoms with E-state index in [0.717, 1.165) is 0 Å². The van der Waals surface area contributed by atoms with E-state index in [1.165, 1.54) is 18.2 Å². The molecule has 0 spiro atoms. The molecule has 0 aliphatic carbocycles.